The molecule has 0 bridgehead atoms. The summed E-state index contributed by atoms with van der Waals surface area (Å²) in [5, 5.41) is 12.7. The van der Waals surface area contributed by atoms with E-state index in [-0.39, 0.29) is 30.3 Å². The molecule has 0 saturated carbocycles. The van der Waals surface area contributed by atoms with Crippen molar-refractivity contribution in [2.45, 2.75) is 18.6 Å². The summed E-state index contributed by atoms with van der Waals surface area (Å²) in [5.74, 6) is -0.342. The highest BCUT2D eigenvalue weighted by molar-refractivity contribution is 5.85. The summed E-state index contributed by atoms with van der Waals surface area (Å²) < 4.78 is 55.2. The molecule has 0 aliphatic carbocycles. The van der Waals surface area contributed by atoms with Crippen molar-refractivity contribution in [3.05, 3.63) is 29.8 Å². The van der Waals surface area contributed by atoms with Crippen LogP contribution in [0.3, 0.4) is 0 Å². The Morgan fingerprint density at radius 2 is 1.83 bits per heavy atom. The van der Waals surface area contributed by atoms with Crippen LogP contribution in [0.5, 0.6) is 5.75 Å². The van der Waals surface area contributed by atoms with Gasteiger partial charge in [-0.3, -0.25) is 4.90 Å². The van der Waals surface area contributed by atoms with Gasteiger partial charge in [0.15, 0.2) is 0 Å². The van der Waals surface area contributed by atoms with Gasteiger partial charge in [-0.2, -0.15) is 17.6 Å². The van der Waals surface area contributed by atoms with Crippen LogP contribution >= 0.6 is 12.4 Å². The van der Waals surface area contributed by atoms with E-state index in [1.54, 1.807) is 6.07 Å². The fourth-order valence-electron chi connectivity index (χ4n) is 2.44. The maximum atomic E-state index is 13.2. The molecule has 0 aromatic heterocycles. The van der Waals surface area contributed by atoms with Gasteiger partial charge in [0, 0.05) is 31.7 Å². The van der Waals surface area contributed by atoms with E-state index in [1.807, 2.05) is 4.90 Å². The number of para-hydroxylation sites is 1. The standard InChI is InChI=1S/C14H18F4N2O2.ClH/c15-13(16)14(17,18)22-12-4-2-1-3-10(12)11(9-21)20-7-5-19-6-8-20;/h1-4,11,13,19,21H,5-9H2;1H/t11-;/m1./s1. The Balaban J connectivity index is 0.00000264. The number of aliphatic hydroxyl groups excluding tert-OH is 1. The van der Waals surface area contributed by atoms with E-state index < -0.39 is 18.6 Å². The third-order valence-corrected chi connectivity index (χ3v) is 3.54. The largest absolute Gasteiger partial charge is 0.461 e. The quantitative estimate of drug-likeness (QED) is 0.766. The molecule has 132 valence electrons. The van der Waals surface area contributed by atoms with Gasteiger partial charge in [-0.05, 0) is 6.07 Å². The monoisotopic (exact) mass is 358 g/mol. The fraction of sp³-hybridized carbons (Fsp3) is 0.571. The minimum absolute atomic E-state index is 0. The molecule has 1 atom stereocenters. The van der Waals surface area contributed by atoms with Crippen molar-refractivity contribution in [1.29, 1.82) is 0 Å². The molecular formula is C14H19ClF4N2O2. The number of rotatable bonds is 6. The average molecular weight is 359 g/mol. The molecule has 4 nitrogen and oxygen atoms in total. The van der Waals surface area contributed by atoms with E-state index in [2.05, 4.69) is 10.1 Å². The molecular weight excluding hydrogens is 340 g/mol. The van der Waals surface area contributed by atoms with Gasteiger partial charge in [0.2, 0.25) is 0 Å². The minimum Gasteiger partial charge on any atom is -0.428 e. The number of benzene rings is 1. The number of alkyl halides is 4. The van der Waals surface area contributed by atoms with Gasteiger partial charge in [0.1, 0.15) is 5.75 Å². The number of aliphatic hydroxyl groups is 1. The van der Waals surface area contributed by atoms with Gasteiger partial charge >= 0.3 is 12.5 Å². The Morgan fingerprint density at radius 1 is 1.22 bits per heavy atom. The Kier molecular flexibility index (Phi) is 7.53. The number of nitrogens with one attached hydrogen (secondary N) is 1. The summed E-state index contributed by atoms with van der Waals surface area (Å²) in [5.41, 5.74) is 0.271. The summed E-state index contributed by atoms with van der Waals surface area (Å²) >= 11 is 0. The van der Waals surface area contributed by atoms with Crippen LogP contribution in [0.1, 0.15) is 11.6 Å². The normalized spacial score (nSPS) is 17.7. The van der Waals surface area contributed by atoms with Gasteiger partial charge in [-0.15, -0.1) is 12.4 Å². The van der Waals surface area contributed by atoms with Crippen LogP contribution in [0.25, 0.3) is 0 Å². The second-order valence-corrected chi connectivity index (χ2v) is 4.99. The molecule has 0 spiro atoms. The molecule has 1 saturated heterocycles. The van der Waals surface area contributed by atoms with Gasteiger partial charge < -0.3 is 15.2 Å². The van der Waals surface area contributed by atoms with Crippen molar-refractivity contribution < 1.29 is 27.4 Å². The Labute approximate surface area is 137 Å². The molecule has 1 aliphatic rings. The topological polar surface area (TPSA) is 44.7 Å². The lowest BCUT2D eigenvalue weighted by molar-refractivity contribution is -0.253. The number of hydrogen-bond acceptors (Lipinski definition) is 4. The molecule has 23 heavy (non-hydrogen) atoms. The highest BCUT2D eigenvalue weighted by Gasteiger charge is 2.44. The summed E-state index contributed by atoms with van der Waals surface area (Å²) in [4.78, 5) is 1.90. The first-order valence-corrected chi connectivity index (χ1v) is 6.95. The van der Waals surface area contributed by atoms with Crippen LogP contribution in [-0.2, 0) is 0 Å². The maximum Gasteiger partial charge on any atom is 0.461 e. The van der Waals surface area contributed by atoms with E-state index >= 15 is 0 Å². The zero-order valence-corrected chi connectivity index (χ0v) is 13.0. The van der Waals surface area contributed by atoms with E-state index in [4.69, 9.17) is 0 Å². The highest BCUT2D eigenvalue weighted by Crippen LogP contribution is 2.34. The first-order chi connectivity index (χ1) is 10.5. The lowest BCUT2D eigenvalue weighted by Crippen LogP contribution is -2.46. The molecule has 2 N–H and O–H groups in total. The van der Waals surface area contributed by atoms with Crippen LogP contribution in [0.15, 0.2) is 24.3 Å². The van der Waals surface area contributed by atoms with E-state index in [9.17, 15) is 22.7 Å². The molecule has 1 aromatic carbocycles. The first kappa shape index (κ1) is 20.0. The van der Waals surface area contributed by atoms with Crippen molar-refractivity contribution >= 4 is 12.4 Å². The van der Waals surface area contributed by atoms with Crippen LogP contribution in [0.2, 0.25) is 0 Å². The number of halogens is 5. The fourth-order valence-corrected chi connectivity index (χ4v) is 2.44. The average Bonchev–Trinajstić information content (AvgIpc) is 2.50. The molecule has 2 rings (SSSR count). The summed E-state index contributed by atoms with van der Waals surface area (Å²) in [6.07, 6.45) is -8.49. The van der Waals surface area contributed by atoms with Crippen LogP contribution in [-0.4, -0.2) is 55.3 Å². The third kappa shape index (κ3) is 4.94. The number of piperazine rings is 1. The van der Waals surface area contributed by atoms with E-state index in [1.165, 1.54) is 18.2 Å². The van der Waals surface area contributed by atoms with E-state index in [0.717, 1.165) is 0 Å². The summed E-state index contributed by atoms with van der Waals surface area (Å²) in [6.45, 7) is 2.32. The molecule has 1 aliphatic heterocycles. The smallest absolute Gasteiger partial charge is 0.428 e. The van der Waals surface area contributed by atoms with Crippen molar-refractivity contribution in [2.75, 3.05) is 32.8 Å². The van der Waals surface area contributed by atoms with Gasteiger partial charge in [0.25, 0.3) is 0 Å². The minimum atomic E-state index is -4.57. The zero-order valence-electron chi connectivity index (χ0n) is 12.2. The summed E-state index contributed by atoms with van der Waals surface area (Å²) in [7, 11) is 0. The predicted octanol–water partition coefficient (Wildman–Crippen LogP) is 2.28. The molecule has 0 amide bonds. The number of hydrogen-bond donors (Lipinski definition) is 2. The Bertz CT molecular complexity index is 488. The lowest BCUT2D eigenvalue weighted by atomic mass is 10.0. The van der Waals surface area contributed by atoms with Crippen molar-refractivity contribution in [3.8, 4) is 5.75 Å². The van der Waals surface area contributed by atoms with Crippen molar-refractivity contribution in [1.82, 2.24) is 10.2 Å². The lowest BCUT2D eigenvalue weighted by Gasteiger charge is -2.35. The molecule has 1 heterocycles. The van der Waals surface area contributed by atoms with Crippen molar-refractivity contribution in [2.24, 2.45) is 0 Å². The second kappa shape index (κ2) is 8.68. The molecule has 1 fully saturated rings. The van der Waals surface area contributed by atoms with Crippen LogP contribution in [0.4, 0.5) is 17.6 Å². The zero-order chi connectivity index (χ0) is 16.2. The van der Waals surface area contributed by atoms with E-state index in [0.29, 0.717) is 26.2 Å². The van der Waals surface area contributed by atoms with Crippen molar-refractivity contribution in [3.63, 3.8) is 0 Å². The summed E-state index contributed by atoms with van der Waals surface area (Å²) in [6, 6.07) is 5.14. The second-order valence-electron chi connectivity index (χ2n) is 4.99. The Hall–Kier alpha value is -1.09. The maximum absolute atomic E-state index is 13.2. The molecule has 0 unspecified atom stereocenters. The molecule has 1 aromatic rings. The number of nitrogens with zero attached hydrogens (tertiary/aromatic N) is 1. The Morgan fingerprint density at radius 3 is 2.39 bits per heavy atom. The van der Waals surface area contributed by atoms with Gasteiger partial charge in [-0.25, -0.2) is 0 Å². The first-order valence-electron chi connectivity index (χ1n) is 6.95. The molecule has 0 radical (unpaired) electrons. The third-order valence-electron chi connectivity index (χ3n) is 3.54. The van der Waals surface area contributed by atoms with Crippen LogP contribution < -0.4 is 10.1 Å². The van der Waals surface area contributed by atoms with Gasteiger partial charge in [0.05, 0.1) is 12.6 Å². The highest BCUT2D eigenvalue weighted by atomic mass is 35.5. The van der Waals surface area contributed by atoms with Crippen LogP contribution in [0, 0.1) is 0 Å². The van der Waals surface area contributed by atoms with Gasteiger partial charge in [-0.1, -0.05) is 18.2 Å². The molecule has 9 heteroatoms. The predicted molar refractivity (Wildman–Crippen MR) is 79.5 cm³/mol. The number of ether oxygens (including phenoxy) is 1. The SMILES string of the molecule is Cl.OC[C@H](c1ccccc1OC(F)(F)C(F)F)N1CCNCC1.